The number of ether oxygens (including phenoxy) is 2. The standard InChI is InChI=1S/C21H22N6O4/c1-12-4-3-5-13(2)18(12)24-17(28)10-27-20(22)19(25-26-27)21(29)23-9-14-6-7-15-16(8-14)31-11-30-15/h3-8H,9-11,22H2,1-2H3,(H,23,29)(H,24,28). The number of rotatable bonds is 6. The first kappa shape index (κ1) is 20.2. The van der Waals surface area contributed by atoms with Crippen LogP contribution in [0.4, 0.5) is 11.5 Å². The van der Waals surface area contributed by atoms with Crippen molar-refractivity contribution in [2.45, 2.75) is 26.9 Å². The van der Waals surface area contributed by atoms with Gasteiger partial charge in [0.25, 0.3) is 5.91 Å². The van der Waals surface area contributed by atoms with Crippen molar-refractivity contribution in [1.82, 2.24) is 20.3 Å². The predicted molar refractivity (Wildman–Crippen MR) is 113 cm³/mol. The average Bonchev–Trinajstić information content (AvgIpc) is 3.35. The molecular weight excluding hydrogens is 400 g/mol. The number of carbonyl (C=O) groups excluding carboxylic acids is 2. The van der Waals surface area contributed by atoms with E-state index in [1.807, 2.05) is 38.1 Å². The van der Waals surface area contributed by atoms with Gasteiger partial charge in [0.15, 0.2) is 23.0 Å². The number of nitrogens with zero attached hydrogens (tertiary/aromatic N) is 3. The molecule has 0 aliphatic carbocycles. The van der Waals surface area contributed by atoms with Crippen molar-refractivity contribution in [2.24, 2.45) is 0 Å². The SMILES string of the molecule is Cc1cccc(C)c1NC(=O)Cn1nnc(C(=O)NCc2ccc3c(c2)OCO3)c1N. The van der Waals surface area contributed by atoms with Crippen molar-refractivity contribution in [1.29, 1.82) is 0 Å². The topological polar surface area (TPSA) is 133 Å². The lowest BCUT2D eigenvalue weighted by Gasteiger charge is -2.11. The number of nitrogens with two attached hydrogens (primary N) is 1. The van der Waals surface area contributed by atoms with Crippen LogP contribution in [0.1, 0.15) is 27.2 Å². The van der Waals surface area contributed by atoms with Crippen molar-refractivity contribution in [3.8, 4) is 11.5 Å². The number of hydrogen-bond donors (Lipinski definition) is 3. The van der Waals surface area contributed by atoms with E-state index >= 15 is 0 Å². The predicted octanol–water partition coefficient (Wildman–Crippen LogP) is 1.77. The van der Waals surface area contributed by atoms with Crippen molar-refractivity contribution < 1.29 is 19.1 Å². The highest BCUT2D eigenvalue weighted by Crippen LogP contribution is 2.32. The first-order valence-electron chi connectivity index (χ1n) is 9.64. The highest BCUT2D eigenvalue weighted by Gasteiger charge is 2.20. The number of hydrogen-bond acceptors (Lipinski definition) is 7. The molecule has 0 radical (unpaired) electrons. The smallest absolute Gasteiger partial charge is 0.275 e. The summed E-state index contributed by atoms with van der Waals surface area (Å²) in [4.78, 5) is 24.9. The number of anilines is 2. The molecule has 1 aliphatic rings. The monoisotopic (exact) mass is 422 g/mol. The zero-order valence-corrected chi connectivity index (χ0v) is 17.1. The average molecular weight is 422 g/mol. The third kappa shape index (κ3) is 4.27. The summed E-state index contributed by atoms with van der Waals surface area (Å²) >= 11 is 0. The van der Waals surface area contributed by atoms with Crippen LogP contribution in [0.15, 0.2) is 36.4 Å². The van der Waals surface area contributed by atoms with E-state index in [0.717, 1.165) is 22.4 Å². The van der Waals surface area contributed by atoms with Crippen LogP contribution in [0.25, 0.3) is 0 Å². The molecule has 31 heavy (non-hydrogen) atoms. The van der Waals surface area contributed by atoms with E-state index in [0.29, 0.717) is 11.5 Å². The largest absolute Gasteiger partial charge is 0.454 e. The van der Waals surface area contributed by atoms with Crippen molar-refractivity contribution in [3.05, 3.63) is 58.8 Å². The van der Waals surface area contributed by atoms with Crippen molar-refractivity contribution in [2.75, 3.05) is 17.8 Å². The summed E-state index contributed by atoms with van der Waals surface area (Å²) in [5.74, 6) is 0.506. The van der Waals surface area contributed by atoms with E-state index in [1.54, 1.807) is 12.1 Å². The third-order valence-corrected chi connectivity index (χ3v) is 4.92. The molecule has 0 fully saturated rings. The molecule has 0 spiro atoms. The lowest BCUT2D eigenvalue weighted by Crippen LogP contribution is -2.25. The molecule has 1 aromatic heterocycles. The molecule has 10 heteroatoms. The number of aromatic nitrogens is 3. The Balaban J connectivity index is 1.38. The molecule has 1 aliphatic heterocycles. The zero-order chi connectivity index (χ0) is 22.0. The maximum absolute atomic E-state index is 12.5. The number of aryl methyl sites for hydroxylation is 2. The fourth-order valence-corrected chi connectivity index (χ4v) is 3.24. The number of benzene rings is 2. The Morgan fingerprint density at radius 1 is 1.13 bits per heavy atom. The van der Waals surface area contributed by atoms with Crippen LogP contribution in [-0.4, -0.2) is 33.6 Å². The van der Waals surface area contributed by atoms with Gasteiger partial charge in [0.05, 0.1) is 0 Å². The Morgan fingerprint density at radius 3 is 2.65 bits per heavy atom. The first-order valence-corrected chi connectivity index (χ1v) is 9.64. The summed E-state index contributed by atoms with van der Waals surface area (Å²) in [6.07, 6.45) is 0. The second-order valence-corrected chi connectivity index (χ2v) is 7.17. The van der Waals surface area contributed by atoms with E-state index in [9.17, 15) is 9.59 Å². The van der Waals surface area contributed by atoms with Gasteiger partial charge < -0.3 is 25.8 Å². The van der Waals surface area contributed by atoms with Gasteiger partial charge in [-0.25, -0.2) is 4.68 Å². The molecule has 3 aromatic rings. The van der Waals surface area contributed by atoms with Crippen LogP contribution < -0.4 is 25.8 Å². The van der Waals surface area contributed by atoms with Crippen LogP contribution in [0, 0.1) is 13.8 Å². The Hall–Kier alpha value is -4.08. The van der Waals surface area contributed by atoms with Gasteiger partial charge in [-0.05, 0) is 42.7 Å². The number of carbonyl (C=O) groups is 2. The summed E-state index contributed by atoms with van der Waals surface area (Å²) in [7, 11) is 0. The van der Waals surface area contributed by atoms with Gasteiger partial charge in [0, 0.05) is 12.2 Å². The second-order valence-electron chi connectivity index (χ2n) is 7.17. The van der Waals surface area contributed by atoms with Crippen LogP contribution >= 0.6 is 0 Å². The third-order valence-electron chi connectivity index (χ3n) is 4.92. The molecule has 0 saturated heterocycles. The van der Waals surface area contributed by atoms with E-state index in [1.165, 1.54) is 4.68 Å². The minimum absolute atomic E-state index is 0.0137. The lowest BCUT2D eigenvalue weighted by atomic mass is 10.1. The van der Waals surface area contributed by atoms with E-state index < -0.39 is 5.91 Å². The molecule has 4 rings (SSSR count). The highest BCUT2D eigenvalue weighted by atomic mass is 16.7. The fourth-order valence-electron chi connectivity index (χ4n) is 3.24. The number of para-hydroxylation sites is 1. The maximum atomic E-state index is 12.5. The molecule has 10 nitrogen and oxygen atoms in total. The second kappa shape index (κ2) is 8.34. The molecule has 0 saturated carbocycles. The normalized spacial score (nSPS) is 11.9. The zero-order valence-electron chi connectivity index (χ0n) is 17.1. The Bertz CT molecular complexity index is 1140. The summed E-state index contributed by atoms with van der Waals surface area (Å²) < 4.78 is 11.8. The minimum Gasteiger partial charge on any atom is -0.454 e. The molecule has 2 heterocycles. The number of fused-ring (bicyclic) bond motifs is 1. The van der Waals surface area contributed by atoms with Gasteiger partial charge in [-0.2, -0.15) is 0 Å². The van der Waals surface area contributed by atoms with Gasteiger partial charge in [0.2, 0.25) is 12.7 Å². The first-order chi connectivity index (χ1) is 14.9. The number of nitrogens with one attached hydrogen (secondary N) is 2. The van der Waals surface area contributed by atoms with Gasteiger partial charge >= 0.3 is 0 Å². The molecule has 2 aromatic carbocycles. The highest BCUT2D eigenvalue weighted by molar-refractivity contribution is 5.97. The number of amides is 2. The Labute approximate surface area is 178 Å². The van der Waals surface area contributed by atoms with Crippen LogP contribution in [0.2, 0.25) is 0 Å². The quantitative estimate of drug-likeness (QED) is 0.551. The van der Waals surface area contributed by atoms with Crippen molar-refractivity contribution in [3.63, 3.8) is 0 Å². The Morgan fingerprint density at radius 2 is 1.87 bits per heavy atom. The van der Waals surface area contributed by atoms with Crippen LogP contribution in [-0.2, 0) is 17.9 Å². The molecular formula is C21H22N6O4. The molecule has 0 atom stereocenters. The van der Waals surface area contributed by atoms with Crippen LogP contribution in [0.3, 0.4) is 0 Å². The molecule has 0 unspecified atom stereocenters. The molecule has 4 N–H and O–H groups in total. The van der Waals surface area contributed by atoms with E-state index in [4.69, 9.17) is 15.2 Å². The number of nitrogen functional groups attached to an aromatic ring is 1. The van der Waals surface area contributed by atoms with Crippen LogP contribution in [0.5, 0.6) is 11.5 Å². The summed E-state index contributed by atoms with van der Waals surface area (Å²) in [5.41, 5.74) is 9.44. The van der Waals surface area contributed by atoms with Gasteiger partial charge in [0.1, 0.15) is 6.54 Å². The lowest BCUT2D eigenvalue weighted by molar-refractivity contribution is -0.116. The maximum Gasteiger partial charge on any atom is 0.275 e. The van der Waals surface area contributed by atoms with Gasteiger partial charge in [-0.1, -0.05) is 29.5 Å². The summed E-state index contributed by atoms with van der Waals surface area (Å²) in [5, 5.41) is 13.3. The summed E-state index contributed by atoms with van der Waals surface area (Å²) in [6, 6.07) is 11.1. The van der Waals surface area contributed by atoms with E-state index in [2.05, 4.69) is 20.9 Å². The van der Waals surface area contributed by atoms with Crippen molar-refractivity contribution >= 4 is 23.3 Å². The Kier molecular flexibility index (Phi) is 5.44. The van der Waals surface area contributed by atoms with Gasteiger partial charge in [-0.15, -0.1) is 5.10 Å². The fraction of sp³-hybridized carbons (Fsp3) is 0.238. The minimum atomic E-state index is -0.489. The summed E-state index contributed by atoms with van der Waals surface area (Å²) in [6.45, 7) is 4.09. The molecule has 160 valence electrons. The van der Waals surface area contributed by atoms with Gasteiger partial charge in [-0.3, -0.25) is 9.59 Å². The van der Waals surface area contributed by atoms with E-state index in [-0.39, 0.29) is 37.3 Å². The molecule has 0 bridgehead atoms. The molecule has 2 amide bonds.